The number of benzene rings is 1. The fraction of sp³-hybridized carbons (Fsp3) is 0.580. The van der Waals surface area contributed by atoms with Crippen molar-refractivity contribution in [3.8, 4) is 0 Å². The number of aliphatic carboxylic acids is 3. The summed E-state index contributed by atoms with van der Waals surface area (Å²) < 4.78 is 16.6. The number of aromatic nitrogens is 5. The Morgan fingerprint density at radius 3 is 2.19 bits per heavy atom. The van der Waals surface area contributed by atoms with Gasteiger partial charge in [0.2, 0.25) is 29.6 Å². The number of fused-ring (bicyclic) bond motifs is 2. The predicted octanol–water partition coefficient (Wildman–Crippen LogP) is 2.64. The van der Waals surface area contributed by atoms with Crippen molar-refractivity contribution in [1.29, 1.82) is 0 Å². The normalized spacial score (nSPS) is 20.8. The van der Waals surface area contributed by atoms with E-state index in [4.69, 9.17) is 36.5 Å². The van der Waals surface area contributed by atoms with Crippen molar-refractivity contribution in [3.05, 3.63) is 73.7 Å². The maximum atomic E-state index is 13.5. The molecule has 18 N–H and O–H groups in total. The Kier molecular flexibility index (Phi) is 35.8. The molecule has 0 aliphatic carbocycles. The second-order valence-electron chi connectivity index (χ2n) is 26.7. The van der Waals surface area contributed by atoms with Crippen LogP contribution in [0.15, 0.2) is 51.2 Å². The molecule has 0 saturated carbocycles. The number of aliphatic hydroxyl groups excluding tert-OH is 2. The number of likely N-dealkylation sites (N-methyl/N-ethyl adjacent to an activating group) is 1. The van der Waals surface area contributed by atoms with Crippen LogP contribution >= 0.6 is 32.9 Å². The number of rotatable bonds is 34. The molecule has 2 saturated heterocycles. The second-order valence-corrected chi connectivity index (χ2v) is 30.4. The SMILES string of the molecule is C/C(=C\c1csc(C)n1)[C@@H]1C[C@H]2[C@@H](CCC[C@H](C)[C@H](O)[C@@H](C)C(=O)C(C)(C)[C@@H](O)CC(=O)O1)N2CCOC(=O)OCCSSCC(NC(=O)[C@@H](C)CC(=O)O)C(=O)O.CC[C@H](NC(=O)CC[C@H](NC(=O)c1ccc(NCc2cnc3nc(N)[nH]c(=O)c3n2)cc1)C(=O)O)C(=O)N[C@@H](CCCN=C(N)N)C(=O)NC. The molecule has 36 nitrogen and oxygen atoms in total. The molecule has 0 bridgehead atoms. The van der Waals surface area contributed by atoms with Crippen LogP contribution in [0.25, 0.3) is 17.2 Å². The molecule has 1 aromatic carbocycles. The topological polar surface area (TPSA) is 567 Å². The lowest BCUT2D eigenvalue weighted by molar-refractivity contribution is -0.154. The number of carbonyl (C=O) groups excluding carboxylic acids is 8. The monoisotopic (exact) mass is 1570 g/mol. The number of Topliss-reactive ketones (excluding diaryl/α,β-unsaturated/α-hetero) is 1. The Balaban J connectivity index is 0.000000391. The molecule has 0 spiro atoms. The molecule has 594 valence electrons. The minimum atomic E-state index is -1.40. The zero-order valence-corrected chi connectivity index (χ0v) is 64.1. The number of nitrogens with one attached hydrogen (secondary N) is 7. The van der Waals surface area contributed by atoms with Crippen molar-refractivity contribution in [3.63, 3.8) is 0 Å². The number of nitrogens with two attached hydrogens (primary N) is 3. The maximum Gasteiger partial charge on any atom is 0.508 e. The van der Waals surface area contributed by atoms with Gasteiger partial charge in [-0.25, -0.2) is 29.3 Å². The summed E-state index contributed by atoms with van der Waals surface area (Å²) in [6.07, 6.45) is 1.58. The van der Waals surface area contributed by atoms with Gasteiger partial charge in [0.05, 0.1) is 59.6 Å². The number of esters is 1. The molecule has 4 aromatic rings. The summed E-state index contributed by atoms with van der Waals surface area (Å²) >= 11 is 1.50. The maximum absolute atomic E-state index is 13.5. The van der Waals surface area contributed by atoms with Crippen LogP contribution in [-0.4, -0.2) is 226 Å². The largest absolute Gasteiger partial charge is 0.508 e. The highest BCUT2D eigenvalue weighted by atomic mass is 33.1. The zero-order valence-electron chi connectivity index (χ0n) is 61.7. The van der Waals surface area contributed by atoms with E-state index in [0.29, 0.717) is 42.9 Å². The molecule has 5 amide bonds. The number of nitrogens with zero attached hydrogens (tertiary/aromatic N) is 6. The van der Waals surface area contributed by atoms with Crippen LogP contribution in [0.5, 0.6) is 0 Å². The molecule has 3 aromatic heterocycles. The third-order valence-electron chi connectivity index (χ3n) is 18.0. The lowest BCUT2D eigenvalue weighted by atomic mass is 9.73. The molecular weight excluding hydrogens is 1470 g/mol. The molecular formula is C69H100N16O20S3. The number of carboxylic acids is 3. The molecule has 6 rings (SSSR count). The highest BCUT2D eigenvalue weighted by molar-refractivity contribution is 8.76. The number of amides is 5. The quantitative estimate of drug-likeness (QED) is 0.00798. The second kappa shape index (κ2) is 43.4. The van der Waals surface area contributed by atoms with Gasteiger partial charge in [-0.3, -0.25) is 58.0 Å². The Morgan fingerprint density at radius 2 is 1.56 bits per heavy atom. The number of ether oxygens (including phenoxy) is 3. The Hall–Kier alpha value is -9.57. The van der Waals surface area contributed by atoms with Crippen LogP contribution in [0.4, 0.5) is 16.4 Å². The lowest BCUT2D eigenvalue weighted by Crippen LogP contribution is -2.53. The number of hydrogen-bond acceptors (Lipinski definition) is 28. The number of aliphatic hydroxyl groups is 2. The Labute approximate surface area is 635 Å². The van der Waals surface area contributed by atoms with Crippen LogP contribution in [0, 0.1) is 30.1 Å². The van der Waals surface area contributed by atoms with Gasteiger partial charge in [-0.05, 0) is 94.2 Å². The fourth-order valence-electron chi connectivity index (χ4n) is 11.6. The lowest BCUT2D eigenvalue weighted by Gasteiger charge is -2.34. The van der Waals surface area contributed by atoms with Gasteiger partial charge in [-0.15, -0.1) is 11.3 Å². The summed E-state index contributed by atoms with van der Waals surface area (Å²) in [4.78, 5) is 174. The van der Waals surface area contributed by atoms with Crippen LogP contribution < -0.4 is 54.7 Å². The summed E-state index contributed by atoms with van der Waals surface area (Å²) in [5.41, 5.74) is 17.2. The van der Waals surface area contributed by atoms with E-state index in [-0.39, 0.29) is 110 Å². The third-order valence-corrected chi connectivity index (χ3v) is 21.2. The van der Waals surface area contributed by atoms with Gasteiger partial charge in [0, 0.05) is 85.0 Å². The van der Waals surface area contributed by atoms with Crippen LogP contribution in [0.2, 0.25) is 0 Å². The number of ketones is 1. The molecule has 13 atom stereocenters. The molecule has 2 unspecified atom stereocenters. The first-order valence-electron chi connectivity index (χ1n) is 35.0. The molecule has 2 aliphatic rings. The summed E-state index contributed by atoms with van der Waals surface area (Å²) in [7, 11) is 3.81. The van der Waals surface area contributed by atoms with Crippen molar-refractivity contribution in [2.45, 2.75) is 187 Å². The van der Waals surface area contributed by atoms with E-state index in [1.165, 1.54) is 54.4 Å². The smallest absolute Gasteiger partial charge is 0.481 e. The minimum absolute atomic E-state index is 0.00643. The van der Waals surface area contributed by atoms with Crippen molar-refractivity contribution in [2.75, 3.05) is 55.9 Å². The molecule has 2 fully saturated rings. The Morgan fingerprint density at radius 1 is 0.870 bits per heavy atom. The number of anilines is 2. The molecule has 108 heavy (non-hydrogen) atoms. The number of thiazole rings is 1. The van der Waals surface area contributed by atoms with Crippen LogP contribution in [0.1, 0.15) is 146 Å². The first-order chi connectivity index (χ1) is 51.0. The van der Waals surface area contributed by atoms with Crippen molar-refractivity contribution >= 4 is 133 Å². The molecule has 0 radical (unpaired) electrons. The molecule has 5 heterocycles. The van der Waals surface area contributed by atoms with Crippen LogP contribution in [0.3, 0.4) is 0 Å². The number of cyclic esters (lactones) is 1. The van der Waals surface area contributed by atoms with Gasteiger partial charge in [-0.1, -0.05) is 69.6 Å². The van der Waals surface area contributed by atoms with E-state index in [1.807, 2.05) is 32.2 Å². The summed E-state index contributed by atoms with van der Waals surface area (Å²) in [5.74, 6) is -9.43. The summed E-state index contributed by atoms with van der Waals surface area (Å²) in [6.45, 7) is 14.4. The van der Waals surface area contributed by atoms with Gasteiger partial charge in [0.15, 0.2) is 17.1 Å². The summed E-state index contributed by atoms with van der Waals surface area (Å²) in [6, 6.07) is 1.67. The zero-order chi connectivity index (χ0) is 80.1. The van der Waals surface area contributed by atoms with Gasteiger partial charge in [-0.2, -0.15) is 4.98 Å². The van der Waals surface area contributed by atoms with Gasteiger partial charge < -0.3 is 88.8 Å². The minimum Gasteiger partial charge on any atom is -0.481 e. The number of carbonyl (C=O) groups is 11. The highest BCUT2D eigenvalue weighted by Gasteiger charge is 2.49. The van der Waals surface area contributed by atoms with Gasteiger partial charge in [0.1, 0.15) is 49.3 Å². The molecule has 2 aliphatic heterocycles. The number of aryl methyl sites for hydroxylation is 1. The number of aliphatic imine (C=N–C) groups is 1. The Bertz CT molecular complexity index is 3900. The standard InChI is InChI=1S/C39H59N3O13S3.C30H41N13O7/c1-21-9-8-10-28-29(42(28)11-12-53-38(52)54-13-14-57-58-20-27(37(50)51)41-36(49)23(3)16-32(44)45)17-30(22(2)15-26-19-56-25(5)40-26)55-33(46)18-31(43)39(6,7)35(48)24(4)34(21)47;1-3-18(26(47)40-19(25(46)34-2)5-4-12-35-29(31)32)39-21(44)11-10-20(28(49)50)41-24(45)15-6-8-16(9-7-15)36-13-17-14-37-23-22(38-17)27(48)43-30(33)42-23/h15,19,21,23-24,27-31,34,43,47H,8-14,16-18,20H2,1-7H3,(H,41,49)(H,44,45)(H,50,51);6-9,14,18-20,36H,3-5,10-13H2,1-2H3,(H,34,46)(H,39,44)(H,40,47)(H,41,45)(H,49,50)(H4,31,32,35)(H3,33,37,42,43,48)/b22-15+;/t21-,23-,24+,27?,28+,29-,30-,31-,34-,42?;18-,19-,20-/m00/s1. The number of guanidine groups is 1. The number of nitrogen functional groups attached to an aromatic ring is 1. The molecule has 39 heteroatoms. The van der Waals surface area contributed by atoms with Crippen molar-refractivity contribution < 1.29 is 92.5 Å². The number of carboxylic acid groups (broad SMARTS) is 3. The highest BCUT2D eigenvalue weighted by Crippen LogP contribution is 2.39. The number of H-pyrrole nitrogens is 1. The van der Waals surface area contributed by atoms with E-state index < -0.39 is 138 Å². The van der Waals surface area contributed by atoms with E-state index in [2.05, 4.69) is 66.7 Å². The van der Waals surface area contributed by atoms with Crippen molar-refractivity contribution in [2.24, 2.45) is 39.6 Å². The van der Waals surface area contributed by atoms with E-state index in [1.54, 1.807) is 39.8 Å². The average molecular weight is 1570 g/mol. The first kappa shape index (κ1) is 89.1. The first-order valence-corrected chi connectivity index (χ1v) is 38.4. The van der Waals surface area contributed by atoms with Gasteiger partial charge >= 0.3 is 30.0 Å². The van der Waals surface area contributed by atoms with E-state index >= 15 is 0 Å². The number of aromatic amines is 1. The average Bonchev–Trinajstić information content (AvgIpc) is 1.61. The van der Waals surface area contributed by atoms with Crippen molar-refractivity contribution in [1.82, 2.24) is 56.4 Å². The van der Waals surface area contributed by atoms with E-state index in [0.717, 1.165) is 39.9 Å². The fourth-order valence-corrected chi connectivity index (χ4v) is 14.1. The van der Waals surface area contributed by atoms with E-state index in [9.17, 15) is 78.0 Å². The van der Waals surface area contributed by atoms with Crippen LogP contribution in [-0.2, 0) is 63.9 Å². The predicted molar refractivity (Wildman–Crippen MR) is 402 cm³/mol. The third kappa shape index (κ3) is 28.9. The number of hydrogen-bond donors (Lipinski definition) is 15. The van der Waals surface area contributed by atoms with Gasteiger partial charge in [0.25, 0.3) is 11.5 Å². The summed E-state index contributed by atoms with van der Waals surface area (Å²) in [5, 5.41) is 68.5.